The Kier molecular flexibility index (Phi) is 6.72. The highest BCUT2D eigenvalue weighted by atomic mass is 19.4. The Labute approximate surface area is 164 Å². The third-order valence-electron chi connectivity index (χ3n) is 4.56. The summed E-state index contributed by atoms with van der Waals surface area (Å²) in [5.74, 6) is 0.0804. The summed E-state index contributed by atoms with van der Waals surface area (Å²) in [6, 6.07) is 9.88. The van der Waals surface area contributed by atoms with Crippen LogP contribution in [-0.2, 0) is 12.1 Å². The van der Waals surface area contributed by atoms with E-state index in [2.05, 4.69) is 0 Å². The highest BCUT2D eigenvalue weighted by molar-refractivity contribution is 5.49. The van der Waals surface area contributed by atoms with Crippen molar-refractivity contribution in [2.45, 2.75) is 44.3 Å². The Bertz CT molecular complexity index is 771. The SMILES string of the molecule is CCCCN(Cc1ccc(O)cc1)c1ccc(C(O)(C(F)(F)F)C(F)(F)F)cc1. The molecule has 0 heterocycles. The lowest BCUT2D eigenvalue weighted by Gasteiger charge is -2.33. The average Bonchev–Trinajstić information content (AvgIpc) is 2.64. The van der Waals surface area contributed by atoms with Gasteiger partial charge in [0.1, 0.15) is 5.75 Å². The molecule has 2 N–H and O–H groups in total. The van der Waals surface area contributed by atoms with Crippen LogP contribution in [0.2, 0.25) is 0 Å². The third kappa shape index (κ3) is 4.95. The number of anilines is 1. The summed E-state index contributed by atoms with van der Waals surface area (Å²) in [6.07, 6.45) is -10.2. The number of halogens is 6. The van der Waals surface area contributed by atoms with Crippen LogP contribution >= 0.6 is 0 Å². The molecule has 0 aromatic heterocycles. The van der Waals surface area contributed by atoms with E-state index in [1.807, 2.05) is 6.92 Å². The number of rotatable bonds is 7. The van der Waals surface area contributed by atoms with E-state index >= 15 is 0 Å². The fourth-order valence-corrected chi connectivity index (χ4v) is 2.87. The molecule has 0 spiro atoms. The van der Waals surface area contributed by atoms with E-state index in [4.69, 9.17) is 0 Å². The van der Waals surface area contributed by atoms with E-state index in [-0.39, 0.29) is 5.75 Å². The lowest BCUT2D eigenvalue weighted by molar-refractivity contribution is -0.376. The van der Waals surface area contributed by atoms with Gasteiger partial charge in [-0.05, 0) is 36.2 Å². The summed E-state index contributed by atoms with van der Waals surface area (Å²) in [7, 11) is 0. The van der Waals surface area contributed by atoms with Crippen LogP contribution in [0.4, 0.5) is 32.0 Å². The van der Waals surface area contributed by atoms with Crippen molar-refractivity contribution in [1.82, 2.24) is 0 Å². The number of alkyl halides is 6. The van der Waals surface area contributed by atoms with Gasteiger partial charge >= 0.3 is 12.4 Å². The summed E-state index contributed by atoms with van der Waals surface area (Å²) in [4.78, 5) is 1.81. The first-order valence-corrected chi connectivity index (χ1v) is 8.89. The lowest BCUT2D eigenvalue weighted by Crippen LogP contribution is -2.53. The van der Waals surface area contributed by atoms with E-state index in [1.54, 1.807) is 17.0 Å². The van der Waals surface area contributed by atoms with Crippen LogP contribution in [0.25, 0.3) is 0 Å². The molecule has 2 rings (SSSR count). The predicted octanol–water partition coefficient (Wildman–Crippen LogP) is 5.51. The Balaban J connectivity index is 2.35. The van der Waals surface area contributed by atoms with Gasteiger partial charge in [-0.1, -0.05) is 37.6 Å². The van der Waals surface area contributed by atoms with Gasteiger partial charge in [0.05, 0.1) is 0 Å². The van der Waals surface area contributed by atoms with Gasteiger partial charge in [-0.3, -0.25) is 0 Å². The van der Waals surface area contributed by atoms with Crippen molar-refractivity contribution in [3.63, 3.8) is 0 Å². The van der Waals surface area contributed by atoms with Gasteiger partial charge in [0.2, 0.25) is 0 Å². The van der Waals surface area contributed by atoms with Crippen LogP contribution in [0.5, 0.6) is 5.75 Å². The van der Waals surface area contributed by atoms with Crippen molar-refractivity contribution < 1.29 is 36.6 Å². The molecule has 0 radical (unpaired) electrons. The smallest absolute Gasteiger partial charge is 0.430 e. The summed E-state index contributed by atoms with van der Waals surface area (Å²) < 4.78 is 78.2. The minimum Gasteiger partial charge on any atom is -0.508 e. The Morgan fingerprint density at radius 3 is 1.79 bits per heavy atom. The number of aromatic hydroxyl groups is 1. The number of aliphatic hydroxyl groups is 1. The molecule has 0 atom stereocenters. The summed E-state index contributed by atoms with van der Waals surface area (Å²) >= 11 is 0. The molecule has 3 nitrogen and oxygen atoms in total. The molecule has 0 fully saturated rings. The predicted molar refractivity (Wildman–Crippen MR) is 96.5 cm³/mol. The molecule has 0 amide bonds. The van der Waals surface area contributed by atoms with Crippen LogP contribution < -0.4 is 4.90 Å². The van der Waals surface area contributed by atoms with Crippen molar-refractivity contribution >= 4 is 5.69 Å². The zero-order chi connectivity index (χ0) is 21.9. The monoisotopic (exact) mass is 421 g/mol. The third-order valence-corrected chi connectivity index (χ3v) is 4.56. The van der Waals surface area contributed by atoms with E-state index in [9.17, 15) is 36.6 Å². The molecule has 2 aromatic rings. The molecular weight excluding hydrogens is 400 g/mol. The topological polar surface area (TPSA) is 43.7 Å². The number of benzene rings is 2. The second kappa shape index (κ2) is 8.52. The molecule has 29 heavy (non-hydrogen) atoms. The number of phenolic OH excluding ortho intramolecular Hbond substituents is 1. The molecule has 0 aliphatic carbocycles. The summed E-state index contributed by atoms with van der Waals surface area (Å²) in [6.45, 7) is 2.83. The zero-order valence-corrected chi connectivity index (χ0v) is 15.6. The van der Waals surface area contributed by atoms with Crippen molar-refractivity contribution in [3.8, 4) is 5.75 Å². The molecule has 0 bridgehead atoms. The summed E-state index contributed by atoms with van der Waals surface area (Å²) in [5.41, 5.74) is -5.00. The maximum absolute atomic E-state index is 13.0. The van der Waals surface area contributed by atoms with Crippen molar-refractivity contribution in [2.75, 3.05) is 11.4 Å². The van der Waals surface area contributed by atoms with Gasteiger partial charge in [0.25, 0.3) is 5.60 Å². The minimum atomic E-state index is -5.92. The number of unbranched alkanes of at least 4 members (excludes halogenated alkanes) is 1. The Morgan fingerprint density at radius 1 is 0.828 bits per heavy atom. The molecule has 9 heteroatoms. The quantitative estimate of drug-likeness (QED) is 0.580. The molecule has 0 unspecified atom stereocenters. The molecular formula is C20H21F6NO2. The standard InChI is InChI=1S/C20H21F6NO2/c1-2-3-12-27(13-14-4-10-17(28)11-5-14)16-8-6-15(7-9-16)18(29,19(21,22)23)20(24,25)26/h4-11,28-29H,2-3,12-13H2,1H3. The molecule has 2 aromatic carbocycles. The van der Waals surface area contributed by atoms with Crippen LogP contribution in [0.1, 0.15) is 30.9 Å². The van der Waals surface area contributed by atoms with Crippen molar-refractivity contribution in [2.24, 2.45) is 0 Å². The second-order valence-corrected chi connectivity index (χ2v) is 6.69. The van der Waals surface area contributed by atoms with E-state index in [0.717, 1.165) is 30.5 Å². The molecule has 0 aliphatic rings. The van der Waals surface area contributed by atoms with Crippen LogP contribution in [-0.4, -0.2) is 29.1 Å². The number of phenols is 1. The first-order chi connectivity index (χ1) is 13.4. The van der Waals surface area contributed by atoms with Crippen LogP contribution in [0.3, 0.4) is 0 Å². The van der Waals surface area contributed by atoms with E-state index in [0.29, 0.717) is 30.9 Å². The van der Waals surface area contributed by atoms with Crippen LogP contribution in [0, 0.1) is 0 Å². The van der Waals surface area contributed by atoms with Gasteiger partial charge in [0, 0.05) is 24.3 Å². The van der Waals surface area contributed by atoms with Crippen LogP contribution in [0.15, 0.2) is 48.5 Å². The van der Waals surface area contributed by atoms with Gasteiger partial charge in [0.15, 0.2) is 0 Å². The maximum Gasteiger partial charge on any atom is 0.430 e. The molecule has 0 saturated heterocycles. The first kappa shape index (κ1) is 22.9. The minimum absolute atomic E-state index is 0.0804. The van der Waals surface area contributed by atoms with Gasteiger partial charge in [-0.15, -0.1) is 0 Å². The number of hydrogen-bond acceptors (Lipinski definition) is 3. The van der Waals surface area contributed by atoms with E-state index < -0.39 is 23.5 Å². The second-order valence-electron chi connectivity index (χ2n) is 6.69. The number of nitrogens with zero attached hydrogens (tertiary/aromatic N) is 1. The molecule has 160 valence electrons. The first-order valence-electron chi connectivity index (χ1n) is 8.89. The Hall–Kier alpha value is -2.42. The normalized spacial score (nSPS) is 12.8. The molecule has 0 aliphatic heterocycles. The number of hydrogen-bond donors (Lipinski definition) is 2. The maximum atomic E-state index is 13.0. The van der Waals surface area contributed by atoms with Gasteiger partial charge < -0.3 is 15.1 Å². The van der Waals surface area contributed by atoms with Gasteiger partial charge in [-0.2, -0.15) is 26.3 Å². The Morgan fingerprint density at radius 2 is 1.34 bits per heavy atom. The lowest BCUT2D eigenvalue weighted by atomic mass is 9.92. The van der Waals surface area contributed by atoms with Crippen molar-refractivity contribution in [3.05, 3.63) is 59.7 Å². The highest BCUT2D eigenvalue weighted by Gasteiger charge is 2.71. The van der Waals surface area contributed by atoms with Crippen molar-refractivity contribution in [1.29, 1.82) is 0 Å². The molecule has 0 saturated carbocycles. The van der Waals surface area contributed by atoms with E-state index in [1.165, 1.54) is 12.1 Å². The fraction of sp³-hybridized carbons (Fsp3) is 0.400. The largest absolute Gasteiger partial charge is 0.508 e. The highest BCUT2D eigenvalue weighted by Crippen LogP contribution is 2.50. The fourth-order valence-electron chi connectivity index (χ4n) is 2.87. The summed E-state index contributed by atoms with van der Waals surface area (Å²) in [5, 5.41) is 18.9. The average molecular weight is 421 g/mol. The van der Waals surface area contributed by atoms with Gasteiger partial charge in [-0.25, -0.2) is 0 Å². The zero-order valence-electron chi connectivity index (χ0n) is 15.6.